The molecule has 6 nitrogen and oxygen atoms in total. The van der Waals surface area contributed by atoms with Crippen LogP contribution in [-0.2, 0) is 17.1 Å². The van der Waals surface area contributed by atoms with Crippen LogP contribution in [0.4, 0.5) is 37.7 Å². The van der Waals surface area contributed by atoms with E-state index in [-0.39, 0.29) is 35.5 Å². The molecular formula is C24H26F6N4O2. The number of pyridine rings is 1. The molecule has 3 rings (SSSR count). The molecule has 196 valence electrons. The number of hydrogen-bond donors (Lipinski definition) is 3. The van der Waals surface area contributed by atoms with E-state index in [1.807, 2.05) is 0 Å². The first-order valence-corrected chi connectivity index (χ1v) is 11.4. The SMILES string of the molecule is CC(C)C(=O)Nc1cccc(C(=O)NC2CCC(Nc3cc(C(F)(F)F)nc(C(F)(F)F)c3)CC2)c1. The zero-order valence-corrected chi connectivity index (χ0v) is 19.6. The largest absolute Gasteiger partial charge is 0.433 e. The van der Waals surface area contributed by atoms with Crippen molar-refractivity contribution >= 4 is 23.2 Å². The van der Waals surface area contributed by atoms with Gasteiger partial charge in [0.2, 0.25) is 5.91 Å². The predicted octanol–water partition coefficient (Wildman–Crippen LogP) is 5.87. The predicted molar refractivity (Wildman–Crippen MR) is 121 cm³/mol. The number of nitrogens with zero attached hydrogens (tertiary/aromatic N) is 1. The molecule has 0 spiro atoms. The van der Waals surface area contributed by atoms with E-state index in [2.05, 4.69) is 20.9 Å². The number of nitrogens with one attached hydrogen (secondary N) is 3. The van der Waals surface area contributed by atoms with Crippen molar-refractivity contribution in [2.24, 2.45) is 5.92 Å². The van der Waals surface area contributed by atoms with Gasteiger partial charge in [-0.05, 0) is 56.0 Å². The molecule has 0 unspecified atom stereocenters. The van der Waals surface area contributed by atoms with E-state index in [9.17, 15) is 35.9 Å². The van der Waals surface area contributed by atoms with Gasteiger partial charge in [0.15, 0.2) is 0 Å². The van der Waals surface area contributed by atoms with Crippen molar-refractivity contribution in [2.45, 2.75) is 64.0 Å². The molecule has 0 bridgehead atoms. The summed E-state index contributed by atoms with van der Waals surface area (Å²) in [5.74, 6) is -0.748. The second-order valence-electron chi connectivity index (χ2n) is 9.01. The van der Waals surface area contributed by atoms with Crippen LogP contribution in [0.15, 0.2) is 36.4 Å². The molecule has 0 saturated heterocycles. The minimum Gasteiger partial charge on any atom is -0.382 e. The first kappa shape index (κ1) is 27.3. The normalized spacial score (nSPS) is 18.6. The quantitative estimate of drug-likeness (QED) is 0.420. The van der Waals surface area contributed by atoms with E-state index >= 15 is 0 Å². The fraction of sp³-hybridized carbons (Fsp3) is 0.458. The van der Waals surface area contributed by atoms with Gasteiger partial charge < -0.3 is 16.0 Å². The molecule has 1 aromatic heterocycles. The van der Waals surface area contributed by atoms with E-state index in [0.717, 1.165) is 0 Å². The Hall–Kier alpha value is -3.31. The lowest BCUT2D eigenvalue weighted by Crippen LogP contribution is -2.40. The minimum absolute atomic E-state index is 0.183. The number of carbonyl (C=O) groups excluding carboxylic acids is 2. The molecule has 1 fully saturated rings. The third-order valence-corrected chi connectivity index (χ3v) is 5.76. The van der Waals surface area contributed by atoms with Crippen LogP contribution < -0.4 is 16.0 Å². The van der Waals surface area contributed by atoms with Crippen LogP contribution in [0.3, 0.4) is 0 Å². The number of aromatic nitrogens is 1. The van der Waals surface area contributed by atoms with E-state index < -0.39 is 23.7 Å². The highest BCUT2D eigenvalue weighted by Crippen LogP contribution is 2.35. The Morgan fingerprint density at radius 2 is 1.42 bits per heavy atom. The van der Waals surface area contributed by atoms with Gasteiger partial charge in [-0.15, -0.1) is 0 Å². The smallest absolute Gasteiger partial charge is 0.382 e. The van der Waals surface area contributed by atoms with E-state index in [0.29, 0.717) is 49.1 Å². The van der Waals surface area contributed by atoms with Crippen LogP contribution in [0, 0.1) is 5.92 Å². The molecule has 0 radical (unpaired) electrons. The number of rotatable bonds is 6. The number of carbonyl (C=O) groups is 2. The van der Waals surface area contributed by atoms with Crippen LogP contribution in [0.25, 0.3) is 0 Å². The summed E-state index contributed by atoms with van der Waals surface area (Å²) >= 11 is 0. The molecule has 1 saturated carbocycles. The van der Waals surface area contributed by atoms with Crippen molar-refractivity contribution in [3.05, 3.63) is 53.3 Å². The standard InChI is InChI=1S/C24H26F6N4O2/c1-13(2)21(35)33-17-5-3-4-14(10-17)22(36)32-16-8-6-15(7-9-16)31-18-11-19(23(25,26)27)34-20(12-18)24(28,29)30/h3-5,10-13,15-16H,6-9H2,1-2H3,(H,31,34)(H,32,36)(H,33,35). The molecular weight excluding hydrogens is 490 g/mol. The van der Waals surface area contributed by atoms with Crippen LogP contribution in [0.2, 0.25) is 0 Å². The maximum absolute atomic E-state index is 13.0. The summed E-state index contributed by atoms with van der Waals surface area (Å²) in [4.78, 5) is 27.2. The van der Waals surface area contributed by atoms with E-state index in [1.54, 1.807) is 38.1 Å². The zero-order valence-electron chi connectivity index (χ0n) is 19.6. The average molecular weight is 516 g/mol. The Morgan fingerprint density at radius 1 is 0.861 bits per heavy atom. The first-order valence-electron chi connectivity index (χ1n) is 11.4. The van der Waals surface area contributed by atoms with Crippen molar-refractivity contribution in [1.82, 2.24) is 10.3 Å². The highest BCUT2D eigenvalue weighted by molar-refractivity contribution is 5.97. The highest BCUT2D eigenvalue weighted by Gasteiger charge is 2.39. The molecule has 12 heteroatoms. The summed E-state index contributed by atoms with van der Waals surface area (Å²) < 4.78 is 78.2. The topological polar surface area (TPSA) is 83.1 Å². The summed E-state index contributed by atoms with van der Waals surface area (Å²) in [6.45, 7) is 3.49. The Bertz CT molecular complexity index is 1060. The van der Waals surface area contributed by atoms with Crippen molar-refractivity contribution in [3.8, 4) is 0 Å². The van der Waals surface area contributed by atoms with Crippen molar-refractivity contribution in [2.75, 3.05) is 10.6 Å². The molecule has 1 aliphatic carbocycles. The molecule has 36 heavy (non-hydrogen) atoms. The molecule has 0 aliphatic heterocycles. The molecule has 1 heterocycles. The lowest BCUT2D eigenvalue weighted by molar-refractivity contribution is -0.150. The van der Waals surface area contributed by atoms with Gasteiger partial charge in [-0.25, -0.2) is 4.98 Å². The number of hydrogen-bond acceptors (Lipinski definition) is 4. The van der Waals surface area contributed by atoms with Gasteiger partial charge in [0.1, 0.15) is 11.4 Å². The van der Waals surface area contributed by atoms with Gasteiger partial charge in [0.05, 0.1) is 0 Å². The maximum Gasteiger partial charge on any atom is 0.433 e. The third-order valence-electron chi connectivity index (χ3n) is 5.76. The van der Waals surface area contributed by atoms with Crippen LogP contribution in [-0.4, -0.2) is 28.9 Å². The Balaban J connectivity index is 1.59. The number of amides is 2. The second kappa shape index (κ2) is 10.8. The third kappa shape index (κ3) is 7.34. The number of anilines is 2. The second-order valence-corrected chi connectivity index (χ2v) is 9.01. The first-order chi connectivity index (χ1) is 16.7. The zero-order chi connectivity index (χ0) is 26.7. The molecule has 2 amide bonds. The van der Waals surface area contributed by atoms with Gasteiger partial charge in [-0.3, -0.25) is 9.59 Å². The molecule has 1 aliphatic rings. The van der Waals surface area contributed by atoms with Crippen molar-refractivity contribution in [1.29, 1.82) is 0 Å². The van der Waals surface area contributed by atoms with E-state index in [1.165, 1.54) is 0 Å². The van der Waals surface area contributed by atoms with Gasteiger partial charge in [-0.2, -0.15) is 26.3 Å². The van der Waals surface area contributed by atoms with Gasteiger partial charge in [0, 0.05) is 34.9 Å². The van der Waals surface area contributed by atoms with Gasteiger partial charge in [0.25, 0.3) is 5.91 Å². The number of benzene rings is 1. The molecule has 1 aromatic carbocycles. The fourth-order valence-corrected chi connectivity index (χ4v) is 3.82. The summed E-state index contributed by atoms with van der Waals surface area (Å²) in [5.41, 5.74) is -2.70. The minimum atomic E-state index is -5.02. The highest BCUT2D eigenvalue weighted by atomic mass is 19.4. The monoisotopic (exact) mass is 516 g/mol. The Labute approximate surface area is 203 Å². The van der Waals surface area contributed by atoms with Crippen molar-refractivity contribution < 1.29 is 35.9 Å². The summed E-state index contributed by atoms with van der Waals surface area (Å²) in [7, 11) is 0. The molecule has 2 aromatic rings. The van der Waals surface area contributed by atoms with Crippen LogP contribution in [0.1, 0.15) is 61.3 Å². The maximum atomic E-state index is 13.0. The number of alkyl halides is 6. The average Bonchev–Trinajstić information content (AvgIpc) is 2.79. The summed E-state index contributed by atoms with van der Waals surface area (Å²) in [6.07, 6.45) is -8.21. The lowest BCUT2D eigenvalue weighted by Gasteiger charge is -2.30. The fourth-order valence-electron chi connectivity index (χ4n) is 3.82. The summed E-state index contributed by atoms with van der Waals surface area (Å²) in [6, 6.07) is 7.03. The molecule has 0 atom stereocenters. The van der Waals surface area contributed by atoms with Gasteiger partial charge >= 0.3 is 12.4 Å². The van der Waals surface area contributed by atoms with Gasteiger partial charge in [-0.1, -0.05) is 19.9 Å². The van der Waals surface area contributed by atoms with Crippen LogP contribution >= 0.6 is 0 Å². The van der Waals surface area contributed by atoms with E-state index in [4.69, 9.17) is 0 Å². The molecule has 3 N–H and O–H groups in total. The number of halogens is 6. The van der Waals surface area contributed by atoms with Crippen molar-refractivity contribution in [3.63, 3.8) is 0 Å². The summed E-state index contributed by atoms with van der Waals surface area (Å²) in [5, 5.41) is 8.37. The lowest BCUT2D eigenvalue weighted by atomic mass is 9.90. The van der Waals surface area contributed by atoms with Crippen LogP contribution in [0.5, 0.6) is 0 Å². The Kier molecular flexibility index (Phi) is 8.15. The Morgan fingerprint density at radius 3 is 1.94 bits per heavy atom.